The van der Waals surface area contributed by atoms with Crippen LogP contribution >= 0.6 is 15.9 Å². The van der Waals surface area contributed by atoms with Gasteiger partial charge in [-0.25, -0.2) is 13.6 Å². The fourth-order valence-electron chi connectivity index (χ4n) is 2.35. The summed E-state index contributed by atoms with van der Waals surface area (Å²) in [5.74, 6) is -1.36. The van der Waals surface area contributed by atoms with E-state index in [0.29, 0.717) is 4.47 Å². The Morgan fingerprint density at radius 1 is 1.36 bits per heavy atom. The lowest BCUT2D eigenvalue weighted by Crippen LogP contribution is -2.28. The second-order valence-corrected chi connectivity index (χ2v) is 7.58. The van der Waals surface area contributed by atoms with Crippen molar-refractivity contribution in [3.8, 4) is 0 Å². The van der Waals surface area contributed by atoms with Gasteiger partial charge in [0, 0.05) is 23.4 Å². The third-order valence-corrected chi connectivity index (χ3v) is 4.84. The zero-order chi connectivity index (χ0) is 16.7. The number of carbonyl (C=O) groups is 1. The summed E-state index contributed by atoms with van der Waals surface area (Å²) in [4.78, 5) is 13.1. The molecule has 10 heteroatoms. The lowest BCUT2D eigenvalue weighted by molar-refractivity contribution is -0.137. The Balaban J connectivity index is 2.30. The number of sulfonamides is 1. The van der Waals surface area contributed by atoms with Crippen LogP contribution in [0.15, 0.2) is 22.7 Å². The van der Waals surface area contributed by atoms with Gasteiger partial charge in [-0.3, -0.25) is 4.79 Å². The summed E-state index contributed by atoms with van der Waals surface area (Å²) in [6, 6.07) is 2.97. The minimum atomic E-state index is -4.53. The first-order valence-electron chi connectivity index (χ1n) is 6.15. The predicted molar refractivity (Wildman–Crippen MR) is 77.6 cm³/mol. The highest BCUT2D eigenvalue weighted by Crippen LogP contribution is 2.37. The largest absolute Gasteiger partial charge is 0.416 e. The highest BCUT2D eigenvalue weighted by Gasteiger charge is 2.36. The Morgan fingerprint density at radius 3 is 2.55 bits per heavy atom. The zero-order valence-corrected chi connectivity index (χ0v) is 13.5. The van der Waals surface area contributed by atoms with Crippen LogP contribution in [-0.4, -0.2) is 26.6 Å². The highest BCUT2D eigenvalue weighted by molar-refractivity contribution is 9.10. The molecule has 0 spiro atoms. The molecule has 1 unspecified atom stereocenters. The van der Waals surface area contributed by atoms with Gasteiger partial charge in [0.05, 0.1) is 17.0 Å². The lowest BCUT2D eigenvalue weighted by Gasteiger charge is -2.20. The predicted octanol–water partition coefficient (Wildman–Crippen LogP) is 2.11. The Morgan fingerprint density at radius 2 is 2.00 bits per heavy atom. The number of alkyl halides is 3. The minimum Gasteiger partial charge on any atom is -0.311 e. The fourth-order valence-corrected chi connectivity index (χ4v) is 3.69. The smallest absolute Gasteiger partial charge is 0.311 e. The topological polar surface area (TPSA) is 80.5 Å². The van der Waals surface area contributed by atoms with Crippen molar-refractivity contribution >= 4 is 37.5 Å². The third kappa shape index (κ3) is 3.99. The second-order valence-electron chi connectivity index (χ2n) is 5.07. The molecule has 22 heavy (non-hydrogen) atoms. The van der Waals surface area contributed by atoms with E-state index in [2.05, 4.69) is 15.9 Å². The van der Waals surface area contributed by atoms with Crippen molar-refractivity contribution in [1.82, 2.24) is 0 Å². The molecule has 122 valence electrons. The molecule has 0 saturated carbocycles. The molecule has 1 aromatic rings. The van der Waals surface area contributed by atoms with E-state index >= 15 is 0 Å². The average molecular weight is 401 g/mol. The molecule has 1 fully saturated rings. The molecule has 5 nitrogen and oxygen atoms in total. The molecule has 0 bridgehead atoms. The van der Waals surface area contributed by atoms with E-state index in [4.69, 9.17) is 5.14 Å². The number of benzene rings is 1. The number of hydrogen-bond donors (Lipinski definition) is 1. The van der Waals surface area contributed by atoms with E-state index in [0.717, 1.165) is 17.0 Å². The molecular formula is C12H12BrF3N2O3S. The third-order valence-electron chi connectivity index (χ3n) is 3.24. The number of carbonyl (C=O) groups excluding carboxylic acids is 1. The minimum absolute atomic E-state index is 0.00910. The van der Waals surface area contributed by atoms with Crippen LogP contribution in [0.3, 0.4) is 0 Å². The molecule has 0 aromatic heterocycles. The van der Waals surface area contributed by atoms with Gasteiger partial charge in [-0.2, -0.15) is 13.2 Å². The Labute approximate surface area is 133 Å². The van der Waals surface area contributed by atoms with E-state index in [-0.39, 0.29) is 24.4 Å². The van der Waals surface area contributed by atoms with Crippen molar-refractivity contribution in [3.63, 3.8) is 0 Å². The van der Waals surface area contributed by atoms with Crippen LogP contribution < -0.4 is 10.0 Å². The van der Waals surface area contributed by atoms with Crippen molar-refractivity contribution in [2.24, 2.45) is 11.1 Å². The monoisotopic (exact) mass is 400 g/mol. The van der Waals surface area contributed by atoms with E-state index < -0.39 is 33.6 Å². The summed E-state index contributed by atoms with van der Waals surface area (Å²) in [7, 11) is -3.75. The van der Waals surface area contributed by atoms with Gasteiger partial charge < -0.3 is 4.90 Å². The Bertz CT molecular complexity index is 706. The summed E-state index contributed by atoms with van der Waals surface area (Å²) in [5.41, 5.74) is -0.815. The maximum absolute atomic E-state index is 12.8. The van der Waals surface area contributed by atoms with Crippen LogP contribution in [0.4, 0.5) is 18.9 Å². The average Bonchev–Trinajstić information content (AvgIpc) is 2.66. The number of amides is 1. The molecule has 1 aliphatic rings. The Hall–Kier alpha value is -1.13. The van der Waals surface area contributed by atoms with Crippen LogP contribution in [0.25, 0.3) is 0 Å². The molecule has 2 rings (SSSR count). The van der Waals surface area contributed by atoms with Gasteiger partial charge in [-0.15, -0.1) is 0 Å². The van der Waals surface area contributed by atoms with Gasteiger partial charge in [-0.05, 0) is 34.1 Å². The molecule has 1 amide bonds. The van der Waals surface area contributed by atoms with Gasteiger partial charge in [0.25, 0.3) is 0 Å². The maximum atomic E-state index is 12.8. The normalized spacial score (nSPS) is 19.8. The van der Waals surface area contributed by atoms with Crippen molar-refractivity contribution in [2.75, 3.05) is 17.2 Å². The van der Waals surface area contributed by atoms with Crippen molar-refractivity contribution in [1.29, 1.82) is 0 Å². The first-order valence-corrected chi connectivity index (χ1v) is 8.66. The van der Waals surface area contributed by atoms with Crippen molar-refractivity contribution in [3.05, 3.63) is 28.2 Å². The van der Waals surface area contributed by atoms with Crippen LogP contribution in [0.5, 0.6) is 0 Å². The van der Waals surface area contributed by atoms with Gasteiger partial charge in [-0.1, -0.05) is 0 Å². The number of nitrogens with zero attached hydrogens (tertiary/aromatic N) is 1. The Kier molecular flexibility index (Phi) is 4.56. The maximum Gasteiger partial charge on any atom is 0.416 e. The number of anilines is 1. The summed E-state index contributed by atoms with van der Waals surface area (Å²) < 4.78 is 60.8. The first kappa shape index (κ1) is 17.2. The number of halogens is 4. The van der Waals surface area contributed by atoms with Crippen molar-refractivity contribution < 1.29 is 26.4 Å². The quantitative estimate of drug-likeness (QED) is 0.843. The molecule has 1 aliphatic heterocycles. The van der Waals surface area contributed by atoms with Gasteiger partial charge in [0.1, 0.15) is 0 Å². The molecular weight excluding hydrogens is 389 g/mol. The van der Waals surface area contributed by atoms with Crippen molar-refractivity contribution in [2.45, 2.75) is 12.6 Å². The number of nitrogens with two attached hydrogens (primary N) is 1. The number of primary sulfonamides is 1. The second kappa shape index (κ2) is 5.82. The highest BCUT2D eigenvalue weighted by atomic mass is 79.9. The van der Waals surface area contributed by atoms with E-state index in [1.807, 2.05) is 0 Å². The SMILES string of the molecule is NS(=O)(=O)CC1CC(=O)N(c2cc(C(F)(F)F)ccc2Br)C1. The number of rotatable bonds is 3. The molecule has 1 aromatic carbocycles. The molecule has 0 radical (unpaired) electrons. The van der Waals surface area contributed by atoms with E-state index in [1.165, 1.54) is 6.07 Å². The van der Waals surface area contributed by atoms with Gasteiger partial charge in [0.2, 0.25) is 15.9 Å². The summed E-state index contributed by atoms with van der Waals surface area (Å²) in [6.07, 6.45) is -4.60. The molecule has 1 heterocycles. The van der Waals surface area contributed by atoms with Crippen LogP contribution in [0.2, 0.25) is 0 Å². The number of hydrogen-bond acceptors (Lipinski definition) is 3. The standard InChI is InChI=1S/C12H12BrF3N2O3S/c13-9-2-1-8(12(14,15)16)4-10(9)18-5-7(3-11(18)19)6-22(17,20)21/h1-2,4,7H,3,5-6H2,(H2,17,20,21). The summed E-state index contributed by atoms with van der Waals surface area (Å²) in [6.45, 7) is 0.00910. The molecule has 1 saturated heterocycles. The van der Waals surface area contributed by atoms with Gasteiger partial charge in [0.15, 0.2) is 0 Å². The molecule has 1 atom stereocenters. The zero-order valence-electron chi connectivity index (χ0n) is 11.1. The molecule has 2 N–H and O–H groups in total. The van der Waals surface area contributed by atoms with E-state index in [9.17, 15) is 26.4 Å². The van der Waals surface area contributed by atoms with Crippen LogP contribution in [0, 0.1) is 5.92 Å². The van der Waals surface area contributed by atoms with Crippen LogP contribution in [-0.2, 0) is 21.0 Å². The van der Waals surface area contributed by atoms with Gasteiger partial charge >= 0.3 is 6.18 Å². The summed E-state index contributed by atoms with van der Waals surface area (Å²) in [5, 5.41) is 4.94. The fraction of sp³-hybridized carbons (Fsp3) is 0.417. The first-order chi connectivity index (χ1) is 9.97. The molecule has 0 aliphatic carbocycles. The van der Waals surface area contributed by atoms with Crippen LogP contribution in [0.1, 0.15) is 12.0 Å². The lowest BCUT2D eigenvalue weighted by atomic mass is 10.1. The summed E-state index contributed by atoms with van der Waals surface area (Å²) >= 11 is 3.11. The van der Waals surface area contributed by atoms with E-state index in [1.54, 1.807) is 0 Å².